The van der Waals surface area contributed by atoms with E-state index in [-0.39, 0.29) is 5.56 Å². The van der Waals surface area contributed by atoms with Crippen LogP contribution in [-0.4, -0.2) is 23.2 Å². The summed E-state index contributed by atoms with van der Waals surface area (Å²) in [4.78, 5) is 17.7. The molecule has 3 aromatic rings. The summed E-state index contributed by atoms with van der Waals surface area (Å²) >= 11 is 6.23. The number of halogens is 1. The fourth-order valence-corrected chi connectivity index (χ4v) is 3.00. The summed E-state index contributed by atoms with van der Waals surface area (Å²) in [6, 6.07) is 10.8. The Morgan fingerprint density at radius 3 is 2.79 bits per heavy atom. The molecule has 2 aromatic carbocycles. The molecule has 0 amide bonds. The van der Waals surface area contributed by atoms with Gasteiger partial charge in [0.05, 0.1) is 28.7 Å². The van der Waals surface area contributed by atoms with Gasteiger partial charge in [-0.3, -0.25) is 9.36 Å². The summed E-state index contributed by atoms with van der Waals surface area (Å²) in [6.45, 7) is 2.34. The van der Waals surface area contributed by atoms with Crippen molar-refractivity contribution in [2.75, 3.05) is 13.7 Å². The average molecular weight is 344 g/mol. The van der Waals surface area contributed by atoms with Crippen molar-refractivity contribution in [1.82, 2.24) is 9.55 Å². The third kappa shape index (κ3) is 2.77. The van der Waals surface area contributed by atoms with Gasteiger partial charge in [0.1, 0.15) is 11.6 Å². The quantitative estimate of drug-likeness (QED) is 0.790. The van der Waals surface area contributed by atoms with E-state index in [0.29, 0.717) is 46.2 Å². The minimum atomic E-state index is -0.208. The summed E-state index contributed by atoms with van der Waals surface area (Å²) in [5.74, 6) is 1.31. The Bertz CT molecular complexity index is 966. The molecule has 0 saturated heterocycles. The summed E-state index contributed by atoms with van der Waals surface area (Å²) in [5, 5.41) is 0.789. The zero-order chi connectivity index (χ0) is 17.3. The topological polar surface area (TPSA) is 70.1 Å². The molecule has 1 heterocycles. The highest BCUT2D eigenvalue weighted by atomic mass is 35.5. The minimum absolute atomic E-state index is 0.208. The van der Waals surface area contributed by atoms with Gasteiger partial charge in [-0.2, -0.15) is 0 Å². The first-order valence-corrected chi connectivity index (χ1v) is 8.00. The van der Waals surface area contributed by atoms with Crippen molar-refractivity contribution in [1.29, 1.82) is 0 Å². The highest BCUT2D eigenvalue weighted by Gasteiger charge is 2.15. The molecule has 124 valence electrons. The lowest BCUT2D eigenvalue weighted by atomic mass is 10.1. The van der Waals surface area contributed by atoms with Gasteiger partial charge in [0, 0.05) is 12.5 Å². The molecule has 0 aliphatic rings. The Morgan fingerprint density at radius 2 is 2.08 bits per heavy atom. The van der Waals surface area contributed by atoms with Crippen LogP contribution in [0, 0.1) is 6.92 Å². The molecule has 0 radical (unpaired) electrons. The zero-order valence-electron chi connectivity index (χ0n) is 13.5. The SMILES string of the molecule is COc1cc(-n2c(CCN)nc3cccc(Cl)c3c2=O)ccc1C. The third-order valence-corrected chi connectivity index (χ3v) is 4.25. The predicted octanol–water partition coefficient (Wildman–Crippen LogP) is 2.86. The summed E-state index contributed by atoms with van der Waals surface area (Å²) in [5.41, 5.74) is 7.74. The van der Waals surface area contributed by atoms with Gasteiger partial charge in [-0.05, 0) is 37.2 Å². The molecule has 0 unspecified atom stereocenters. The van der Waals surface area contributed by atoms with Crippen LogP contribution < -0.4 is 16.0 Å². The van der Waals surface area contributed by atoms with Crippen LogP contribution >= 0.6 is 11.6 Å². The Labute approximate surface area is 144 Å². The second kappa shape index (κ2) is 6.63. The third-order valence-electron chi connectivity index (χ3n) is 3.93. The molecule has 2 N–H and O–H groups in total. The number of ether oxygens (including phenoxy) is 1. The van der Waals surface area contributed by atoms with Gasteiger partial charge in [0.2, 0.25) is 0 Å². The largest absolute Gasteiger partial charge is 0.496 e. The number of nitrogens with zero attached hydrogens (tertiary/aromatic N) is 2. The smallest absolute Gasteiger partial charge is 0.267 e. The maximum atomic E-state index is 13.1. The van der Waals surface area contributed by atoms with Crippen LogP contribution in [0.5, 0.6) is 5.75 Å². The van der Waals surface area contributed by atoms with Gasteiger partial charge in [0.25, 0.3) is 5.56 Å². The molecular weight excluding hydrogens is 326 g/mol. The lowest BCUT2D eigenvalue weighted by Gasteiger charge is -2.15. The number of aryl methyl sites for hydroxylation is 1. The fraction of sp³-hybridized carbons (Fsp3) is 0.222. The van der Waals surface area contributed by atoms with Crippen molar-refractivity contribution >= 4 is 22.5 Å². The van der Waals surface area contributed by atoms with E-state index in [9.17, 15) is 4.79 Å². The molecule has 5 nitrogen and oxygen atoms in total. The maximum Gasteiger partial charge on any atom is 0.267 e. The number of methoxy groups -OCH3 is 1. The molecule has 0 spiro atoms. The molecule has 24 heavy (non-hydrogen) atoms. The van der Waals surface area contributed by atoms with Gasteiger partial charge < -0.3 is 10.5 Å². The lowest BCUT2D eigenvalue weighted by Crippen LogP contribution is -2.25. The normalized spacial score (nSPS) is 11.0. The van der Waals surface area contributed by atoms with Gasteiger partial charge >= 0.3 is 0 Å². The van der Waals surface area contributed by atoms with Gasteiger partial charge in [-0.15, -0.1) is 0 Å². The van der Waals surface area contributed by atoms with Gasteiger partial charge in [0.15, 0.2) is 0 Å². The summed E-state index contributed by atoms with van der Waals surface area (Å²) < 4.78 is 6.93. The number of hydrogen-bond donors (Lipinski definition) is 1. The highest BCUT2D eigenvalue weighted by molar-refractivity contribution is 6.35. The predicted molar refractivity (Wildman–Crippen MR) is 96.4 cm³/mol. The van der Waals surface area contributed by atoms with Crippen LogP contribution in [0.3, 0.4) is 0 Å². The van der Waals surface area contributed by atoms with E-state index >= 15 is 0 Å². The van der Waals surface area contributed by atoms with Crippen molar-refractivity contribution in [3.63, 3.8) is 0 Å². The Hall–Kier alpha value is -2.37. The van der Waals surface area contributed by atoms with Crippen LogP contribution in [0.25, 0.3) is 16.6 Å². The molecule has 0 fully saturated rings. The highest BCUT2D eigenvalue weighted by Crippen LogP contribution is 2.24. The zero-order valence-corrected chi connectivity index (χ0v) is 14.3. The molecule has 0 saturated carbocycles. The van der Waals surface area contributed by atoms with Crippen LogP contribution in [-0.2, 0) is 6.42 Å². The fourth-order valence-electron chi connectivity index (χ4n) is 2.75. The molecule has 1 aromatic heterocycles. The molecule has 0 bridgehead atoms. The van der Waals surface area contributed by atoms with Crippen LogP contribution in [0.4, 0.5) is 0 Å². The Balaban J connectivity index is 2.37. The number of rotatable bonds is 4. The lowest BCUT2D eigenvalue weighted by molar-refractivity contribution is 0.411. The van der Waals surface area contributed by atoms with E-state index in [1.807, 2.05) is 25.1 Å². The second-order valence-corrected chi connectivity index (χ2v) is 5.90. The van der Waals surface area contributed by atoms with E-state index in [1.165, 1.54) is 0 Å². The van der Waals surface area contributed by atoms with Crippen molar-refractivity contribution in [2.24, 2.45) is 5.73 Å². The Morgan fingerprint density at radius 1 is 1.29 bits per heavy atom. The standard InChI is InChI=1S/C18H18ClN3O2/c1-11-6-7-12(10-15(11)24-2)22-16(8-9-20)21-14-5-3-4-13(19)17(14)18(22)23/h3-7,10H,8-9,20H2,1-2H3. The van der Waals surface area contributed by atoms with Crippen LogP contribution in [0.2, 0.25) is 5.02 Å². The Kier molecular flexibility index (Phi) is 4.55. The van der Waals surface area contributed by atoms with E-state index in [4.69, 9.17) is 22.1 Å². The first-order valence-electron chi connectivity index (χ1n) is 7.62. The molecule has 0 aliphatic heterocycles. The minimum Gasteiger partial charge on any atom is -0.496 e. The van der Waals surface area contributed by atoms with Crippen molar-refractivity contribution in [3.05, 3.63) is 63.2 Å². The second-order valence-electron chi connectivity index (χ2n) is 5.50. The van der Waals surface area contributed by atoms with Crippen LogP contribution in [0.1, 0.15) is 11.4 Å². The number of hydrogen-bond acceptors (Lipinski definition) is 4. The maximum absolute atomic E-state index is 13.1. The number of aromatic nitrogens is 2. The number of fused-ring (bicyclic) bond motifs is 1. The first-order chi connectivity index (χ1) is 11.6. The van der Waals surface area contributed by atoms with Gasteiger partial charge in [-0.1, -0.05) is 23.7 Å². The summed E-state index contributed by atoms with van der Waals surface area (Å²) in [7, 11) is 1.60. The monoisotopic (exact) mass is 343 g/mol. The van der Waals surface area contributed by atoms with Crippen molar-refractivity contribution < 1.29 is 4.74 Å². The summed E-state index contributed by atoms with van der Waals surface area (Å²) in [6.07, 6.45) is 0.480. The average Bonchev–Trinajstić information content (AvgIpc) is 2.56. The van der Waals surface area contributed by atoms with Crippen LogP contribution in [0.15, 0.2) is 41.2 Å². The van der Waals surface area contributed by atoms with Crippen molar-refractivity contribution in [3.8, 4) is 11.4 Å². The van der Waals surface area contributed by atoms with E-state index in [1.54, 1.807) is 29.9 Å². The first kappa shape index (κ1) is 16.5. The van der Waals surface area contributed by atoms with E-state index in [0.717, 1.165) is 5.56 Å². The molecule has 0 aliphatic carbocycles. The molecule has 6 heteroatoms. The number of nitrogens with two attached hydrogens (primary N) is 1. The van der Waals surface area contributed by atoms with E-state index in [2.05, 4.69) is 4.98 Å². The van der Waals surface area contributed by atoms with Crippen molar-refractivity contribution in [2.45, 2.75) is 13.3 Å². The molecular formula is C18H18ClN3O2. The molecule has 0 atom stereocenters. The van der Waals surface area contributed by atoms with E-state index < -0.39 is 0 Å². The van der Waals surface area contributed by atoms with Gasteiger partial charge in [-0.25, -0.2) is 4.98 Å². The number of benzene rings is 2. The molecule has 3 rings (SSSR count).